The SMILES string of the molecule is COc1ncnc(C2CC2)c1-c1nc2c(c(S(C)(=O)=O)n1)CN(C(=O)OC(C)(C)C)C2. The normalized spacial score (nSPS) is 16.2. The van der Waals surface area contributed by atoms with Gasteiger partial charge in [0.15, 0.2) is 20.7 Å². The largest absolute Gasteiger partial charge is 0.480 e. The number of aromatic nitrogens is 4. The summed E-state index contributed by atoms with van der Waals surface area (Å²) in [6.45, 7) is 5.50. The fourth-order valence-corrected chi connectivity index (χ4v) is 4.39. The van der Waals surface area contributed by atoms with E-state index in [4.69, 9.17) is 9.47 Å². The number of hydrogen-bond acceptors (Lipinski definition) is 9. The van der Waals surface area contributed by atoms with E-state index < -0.39 is 21.5 Å². The number of methoxy groups -OCH3 is 1. The van der Waals surface area contributed by atoms with Crippen LogP contribution < -0.4 is 4.74 Å². The van der Waals surface area contributed by atoms with Gasteiger partial charge in [0, 0.05) is 17.7 Å². The third-order valence-corrected chi connectivity index (χ3v) is 6.01. The minimum atomic E-state index is -3.69. The molecular formula is C20H25N5O5S. The van der Waals surface area contributed by atoms with E-state index in [-0.39, 0.29) is 29.9 Å². The van der Waals surface area contributed by atoms with Crippen LogP contribution in [0.2, 0.25) is 0 Å². The molecule has 1 aliphatic carbocycles. The fraction of sp³-hybridized carbons (Fsp3) is 0.550. The van der Waals surface area contributed by atoms with Gasteiger partial charge in [-0.15, -0.1) is 0 Å². The third kappa shape index (κ3) is 4.32. The maximum atomic E-state index is 12.6. The molecular weight excluding hydrogens is 422 g/mol. The molecule has 0 atom stereocenters. The van der Waals surface area contributed by atoms with Crippen molar-refractivity contribution >= 4 is 15.9 Å². The fourth-order valence-electron chi connectivity index (χ4n) is 3.51. The number of carbonyl (C=O) groups excluding carboxylic acids is 1. The highest BCUT2D eigenvalue weighted by Crippen LogP contribution is 2.45. The van der Waals surface area contributed by atoms with Gasteiger partial charge < -0.3 is 9.47 Å². The highest BCUT2D eigenvalue weighted by Gasteiger charge is 2.36. The van der Waals surface area contributed by atoms with Crippen molar-refractivity contribution in [3.8, 4) is 17.3 Å². The minimum Gasteiger partial charge on any atom is -0.480 e. The van der Waals surface area contributed by atoms with E-state index in [1.165, 1.54) is 18.3 Å². The van der Waals surface area contributed by atoms with Crippen LogP contribution in [0, 0.1) is 0 Å². The zero-order valence-electron chi connectivity index (χ0n) is 18.2. The van der Waals surface area contributed by atoms with Crippen molar-refractivity contribution < 1.29 is 22.7 Å². The Morgan fingerprint density at radius 2 is 1.87 bits per heavy atom. The Hall–Kier alpha value is -2.82. The zero-order chi connectivity index (χ0) is 22.6. The molecule has 0 unspecified atom stereocenters. The molecule has 3 heterocycles. The molecule has 166 valence electrons. The van der Waals surface area contributed by atoms with E-state index in [0.717, 1.165) is 24.8 Å². The van der Waals surface area contributed by atoms with E-state index in [1.807, 2.05) is 0 Å². The highest BCUT2D eigenvalue weighted by molar-refractivity contribution is 7.90. The van der Waals surface area contributed by atoms with Gasteiger partial charge in [-0.3, -0.25) is 4.90 Å². The van der Waals surface area contributed by atoms with Gasteiger partial charge in [0.2, 0.25) is 5.88 Å². The molecule has 1 aliphatic heterocycles. The van der Waals surface area contributed by atoms with Crippen molar-refractivity contribution in [2.75, 3.05) is 13.4 Å². The summed E-state index contributed by atoms with van der Waals surface area (Å²) >= 11 is 0. The number of fused-ring (bicyclic) bond motifs is 1. The summed E-state index contributed by atoms with van der Waals surface area (Å²) in [7, 11) is -2.21. The molecule has 1 saturated carbocycles. The Bertz CT molecular complexity index is 1160. The molecule has 11 heteroatoms. The topological polar surface area (TPSA) is 124 Å². The summed E-state index contributed by atoms with van der Waals surface area (Å²) in [6.07, 6.45) is 3.93. The van der Waals surface area contributed by atoms with Crippen molar-refractivity contribution in [1.29, 1.82) is 0 Å². The monoisotopic (exact) mass is 447 g/mol. The lowest BCUT2D eigenvalue weighted by atomic mass is 10.1. The Morgan fingerprint density at radius 1 is 1.16 bits per heavy atom. The zero-order valence-corrected chi connectivity index (χ0v) is 19.0. The molecule has 0 N–H and O–H groups in total. The minimum absolute atomic E-state index is 0.0604. The van der Waals surface area contributed by atoms with Crippen LogP contribution in [0.3, 0.4) is 0 Å². The van der Waals surface area contributed by atoms with Gasteiger partial charge in [-0.05, 0) is 33.6 Å². The van der Waals surface area contributed by atoms with Crippen LogP contribution in [0.4, 0.5) is 4.79 Å². The first-order valence-electron chi connectivity index (χ1n) is 9.95. The van der Waals surface area contributed by atoms with Crippen molar-refractivity contribution in [3.63, 3.8) is 0 Å². The molecule has 0 radical (unpaired) electrons. The van der Waals surface area contributed by atoms with E-state index >= 15 is 0 Å². The molecule has 1 amide bonds. The first-order valence-corrected chi connectivity index (χ1v) is 11.8. The second-order valence-electron chi connectivity index (χ2n) is 8.80. The summed E-state index contributed by atoms with van der Waals surface area (Å²) in [4.78, 5) is 31.6. The van der Waals surface area contributed by atoms with Gasteiger partial charge in [-0.25, -0.2) is 33.1 Å². The summed E-state index contributed by atoms with van der Waals surface area (Å²) in [6, 6.07) is 0. The van der Waals surface area contributed by atoms with Gasteiger partial charge in [-0.2, -0.15) is 0 Å². The number of ether oxygens (including phenoxy) is 2. The van der Waals surface area contributed by atoms with Crippen molar-refractivity contribution in [2.45, 2.75) is 63.2 Å². The smallest absolute Gasteiger partial charge is 0.410 e. The van der Waals surface area contributed by atoms with Crippen molar-refractivity contribution in [1.82, 2.24) is 24.8 Å². The molecule has 31 heavy (non-hydrogen) atoms. The van der Waals surface area contributed by atoms with Gasteiger partial charge in [0.25, 0.3) is 0 Å². The van der Waals surface area contributed by atoms with Gasteiger partial charge in [0.1, 0.15) is 17.5 Å². The number of amides is 1. The number of sulfone groups is 1. The quantitative estimate of drug-likeness (QED) is 0.650. The molecule has 0 bridgehead atoms. The van der Waals surface area contributed by atoms with Gasteiger partial charge >= 0.3 is 6.09 Å². The van der Waals surface area contributed by atoms with E-state index in [0.29, 0.717) is 22.7 Å². The summed E-state index contributed by atoms with van der Waals surface area (Å²) in [5, 5.41) is -0.105. The lowest BCUT2D eigenvalue weighted by Crippen LogP contribution is -2.33. The second-order valence-corrected chi connectivity index (χ2v) is 10.7. The predicted octanol–water partition coefficient (Wildman–Crippen LogP) is 2.47. The predicted molar refractivity (Wildman–Crippen MR) is 110 cm³/mol. The van der Waals surface area contributed by atoms with Crippen LogP contribution in [0.1, 0.15) is 56.5 Å². The number of nitrogens with zero attached hydrogens (tertiary/aromatic N) is 5. The summed E-state index contributed by atoms with van der Waals surface area (Å²) in [5.74, 6) is 0.714. The van der Waals surface area contributed by atoms with Crippen molar-refractivity contribution in [2.24, 2.45) is 0 Å². The summed E-state index contributed by atoms with van der Waals surface area (Å²) in [5.41, 5.74) is 1.44. The van der Waals surface area contributed by atoms with Crippen LogP contribution in [0.25, 0.3) is 11.4 Å². The average molecular weight is 448 g/mol. The van der Waals surface area contributed by atoms with Crippen LogP contribution >= 0.6 is 0 Å². The van der Waals surface area contributed by atoms with Crippen molar-refractivity contribution in [3.05, 3.63) is 23.3 Å². The van der Waals surface area contributed by atoms with Crippen LogP contribution in [0.15, 0.2) is 11.4 Å². The van der Waals surface area contributed by atoms with Crippen LogP contribution in [-0.2, 0) is 27.7 Å². The Balaban J connectivity index is 1.82. The van der Waals surface area contributed by atoms with E-state index in [2.05, 4.69) is 19.9 Å². The molecule has 2 aromatic heterocycles. The highest BCUT2D eigenvalue weighted by atomic mass is 32.2. The Morgan fingerprint density at radius 3 is 2.45 bits per heavy atom. The Labute approximate surface area is 181 Å². The number of rotatable bonds is 4. The second kappa shape index (κ2) is 7.40. The van der Waals surface area contributed by atoms with Crippen LogP contribution in [-0.4, -0.2) is 58.3 Å². The van der Waals surface area contributed by atoms with Gasteiger partial charge in [-0.1, -0.05) is 0 Å². The molecule has 0 saturated heterocycles. The maximum Gasteiger partial charge on any atom is 0.410 e. The first-order chi connectivity index (χ1) is 14.5. The molecule has 0 spiro atoms. The number of carbonyl (C=O) groups is 1. The molecule has 10 nitrogen and oxygen atoms in total. The molecule has 1 fully saturated rings. The third-order valence-electron chi connectivity index (χ3n) is 4.97. The number of hydrogen-bond donors (Lipinski definition) is 0. The van der Waals surface area contributed by atoms with Gasteiger partial charge in [0.05, 0.1) is 31.6 Å². The molecule has 4 rings (SSSR count). The summed E-state index contributed by atoms with van der Waals surface area (Å²) < 4.78 is 36.0. The van der Waals surface area contributed by atoms with E-state index in [9.17, 15) is 13.2 Å². The molecule has 2 aliphatic rings. The lowest BCUT2D eigenvalue weighted by molar-refractivity contribution is 0.0240. The standard InChI is InChI=1S/C20H25N5O5S/c1-20(2,3)30-19(26)25-8-12-13(9-25)23-16(24-18(12)31(5,27)28)14-15(11-6-7-11)21-10-22-17(14)29-4/h10-11H,6-9H2,1-5H3. The first kappa shape index (κ1) is 21.4. The Kier molecular flexibility index (Phi) is 5.11. The molecule has 0 aromatic carbocycles. The molecule has 2 aromatic rings. The maximum absolute atomic E-state index is 12.6. The van der Waals surface area contributed by atoms with Crippen LogP contribution in [0.5, 0.6) is 5.88 Å². The van der Waals surface area contributed by atoms with E-state index in [1.54, 1.807) is 20.8 Å². The lowest BCUT2D eigenvalue weighted by Gasteiger charge is -2.23. The average Bonchev–Trinajstić information content (AvgIpc) is 3.42.